The summed E-state index contributed by atoms with van der Waals surface area (Å²) >= 11 is 1.52. The van der Waals surface area contributed by atoms with Crippen LogP contribution < -0.4 is 0 Å². The summed E-state index contributed by atoms with van der Waals surface area (Å²) in [6.07, 6.45) is 2.21. The Morgan fingerprint density at radius 3 is 2.25 bits per heavy atom. The molecule has 1 heterocycles. The maximum absolute atomic E-state index is 12.7. The van der Waals surface area contributed by atoms with Gasteiger partial charge in [0.15, 0.2) is 0 Å². The number of amides is 2. The lowest BCUT2D eigenvalue weighted by molar-refractivity contribution is -0.149. The molecule has 3 rings (SSSR count). The van der Waals surface area contributed by atoms with Gasteiger partial charge in [0.2, 0.25) is 0 Å². The van der Waals surface area contributed by atoms with Crippen LogP contribution in [0.4, 0.5) is 0 Å². The summed E-state index contributed by atoms with van der Waals surface area (Å²) in [4.78, 5) is 39.2. The fourth-order valence-electron chi connectivity index (χ4n) is 3.00. The van der Waals surface area contributed by atoms with E-state index >= 15 is 0 Å². The zero-order valence-corrected chi connectivity index (χ0v) is 16.1. The largest absolute Gasteiger partial charge is 0.459 e. The topological polar surface area (TPSA) is 87.5 Å². The van der Waals surface area contributed by atoms with Crippen molar-refractivity contribution < 1.29 is 19.1 Å². The Balaban J connectivity index is 1.76. The fraction of sp³-hybridized carbons (Fsp3) is 0.238. The summed E-state index contributed by atoms with van der Waals surface area (Å²) in [6.45, 7) is 0.00345. The van der Waals surface area contributed by atoms with Crippen molar-refractivity contribution in [2.45, 2.75) is 19.1 Å². The second-order valence-corrected chi connectivity index (χ2v) is 7.23. The van der Waals surface area contributed by atoms with Gasteiger partial charge in [-0.05, 0) is 48.3 Å². The predicted molar refractivity (Wildman–Crippen MR) is 105 cm³/mol. The lowest BCUT2D eigenvalue weighted by Gasteiger charge is -2.24. The molecule has 1 atom stereocenters. The van der Waals surface area contributed by atoms with E-state index in [0.717, 1.165) is 10.5 Å². The van der Waals surface area contributed by atoms with Gasteiger partial charge in [0.1, 0.15) is 12.6 Å². The summed E-state index contributed by atoms with van der Waals surface area (Å²) in [5.41, 5.74) is 1.85. The summed E-state index contributed by atoms with van der Waals surface area (Å²) < 4.78 is 5.39. The summed E-state index contributed by atoms with van der Waals surface area (Å²) in [6, 6.07) is 14.3. The number of fused-ring (bicyclic) bond motifs is 1. The number of thioether (sulfide) groups is 1. The van der Waals surface area contributed by atoms with E-state index in [1.165, 1.54) is 11.8 Å². The lowest BCUT2D eigenvalue weighted by atomic mass is 10.1. The molecule has 7 heteroatoms. The smallest absolute Gasteiger partial charge is 0.329 e. The first kappa shape index (κ1) is 19.6. The average molecular weight is 394 g/mol. The van der Waals surface area contributed by atoms with Crippen molar-refractivity contribution in [3.05, 3.63) is 70.8 Å². The molecule has 0 saturated carbocycles. The van der Waals surface area contributed by atoms with Gasteiger partial charge >= 0.3 is 5.97 Å². The van der Waals surface area contributed by atoms with Gasteiger partial charge in [-0.3, -0.25) is 14.5 Å². The number of benzene rings is 2. The Labute approximate surface area is 167 Å². The zero-order chi connectivity index (χ0) is 20.1. The van der Waals surface area contributed by atoms with Gasteiger partial charge in [-0.2, -0.15) is 17.0 Å². The van der Waals surface area contributed by atoms with E-state index in [4.69, 9.17) is 10.00 Å². The molecular weight excluding hydrogens is 376 g/mol. The van der Waals surface area contributed by atoms with Crippen molar-refractivity contribution in [2.75, 3.05) is 12.0 Å². The van der Waals surface area contributed by atoms with E-state index in [-0.39, 0.29) is 6.61 Å². The van der Waals surface area contributed by atoms with Gasteiger partial charge in [-0.25, -0.2) is 4.79 Å². The van der Waals surface area contributed by atoms with Gasteiger partial charge in [-0.15, -0.1) is 0 Å². The molecule has 0 fully saturated rings. The first-order valence-electron chi connectivity index (χ1n) is 8.68. The Kier molecular flexibility index (Phi) is 6.12. The van der Waals surface area contributed by atoms with Gasteiger partial charge < -0.3 is 4.74 Å². The Morgan fingerprint density at radius 2 is 1.71 bits per heavy atom. The number of carbonyl (C=O) groups is 3. The average Bonchev–Trinajstić information content (AvgIpc) is 2.98. The van der Waals surface area contributed by atoms with Crippen molar-refractivity contribution in [1.82, 2.24) is 4.90 Å². The van der Waals surface area contributed by atoms with Crippen LogP contribution in [0.1, 0.15) is 38.3 Å². The molecule has 2 aromatic carbocycles. The summed E-state index contributed by atoms with van der Waals surface area (Å²) in [5.74, 6) is -0.957. The van der Waals surface area contributed by atoms with Gasteiger partial charge in [0.05, 0.1) is 22.8 Å². The van der Waals surface area contributed by atoms with Gasteiger partial charge in [0, 0.05) is 0 Å². The number of imide groups is 1. The number of nitriles is 1. The lowest BCUT2D eigenvalue weighted by Crippen LogP contribution is -2.46. The predicted octanol–water partition coefficient (Wildman–Crippen LogP) is 3.02. The third-order valence-corrected chi connectivity index (χ3v) is 5.11. The molecule has 0 radical (unpaired) electrons. The fourth-order valence-corrected chi connectivity index (χ4v) is 3.46. The molecule has 0 aliphatic carbocycles. The Morgan fingerprint density at radius 1 is 1.11 bits per heavy atom. The molecule has 0 spiro atoms. The van der Waals surface area contributed by atoms with E-state index in [0.29, 0.717) is 28.9 Å². The van der Waals surface area contributed by atoms with Crippen LogP contribution in [-0.2, 0) is 16.1 Å². The van der Waals surface area contributed by atoms with Crippen LogP contribution in [0.2, 0.25) is 0 Å². The van der Waals surface area contributed by atoms with Crippen molar-refractivity contribution in [3.63, 3.8) is 0 Å². The molecule has 2 aromatic rings. The number of esters is 1. The molecule has 2 amide bonds. The Bertz CT molecular complexity index is 915. The minimum atomic E-state index is -0.974. The molecule has 28 heavy (non-hydrogen) atoms. The van der Waals surface area contributed by atoms with Crippen LogP contribution >= 0.6 is 11.8 Å². The van der Waals surface area contributed by atoms with Crippen LogP contribution in [-0.4, -0.2) is 40.7 Å². The van der Waals surface area contributed by atoms with Crippen LogP contribution in [0.25, 0.3) is 0 Å². The second kappa shape index (κ2) is 8.72. The monoisotopic (exact) mass is 394 g/mol. The normalized spacial score (nSPS) is 13.8. The number of rotatable bonds is 7. The van der Waals surface area contributed by atoms with Crippen LogP contribution in [0.5, 0.6) is 0 Å². The van der Waals surface area contributed by atoms with E-state index in [1.807, 2.05) is 12.3 Å². The molecule has 0 saturated heterocycles. The highest BCUT2D eigenvalue weighted by Gasteiger charge is 2.43. The molecule has 0 aromatic heterocycles. The quantitative estimate of drug-likeness (QED) is 0.530. The molecular formula is C21H18N2O4S. The first-order valence-corrected chi connectivity index (χ1v) is 10.1. The number of nitrogens with zero attached hydrogens (tertiary/aromatic N) is 2. The molecule has 0 bridgehead atoms. The van der Waals surface area contributed by atoms with Crippen LogP contribution in [0.3, 0.4) is 0 Å². The molecule has 0 unspecified atom stereocenters. The highest BCUT2D eigenvalue weighted by Crippen LogP contribution is 2.26. The third-order valence-electron chi connectivity index (χ3n) is 4.47. The highest BCUT2D eigenvalue weighted by atomic mass is 32.2. The molecule has 1 aliphatic rings. The number of carbonyl (C=O) groups excluding carboxylic acids is 3. The van der Waals surface area contributed by atoms with Gasteiger partial charge in [-0.1, -0.05) is 24.3 Å². The first-order chi connectivity index (χ1) is 13.6. The molecule has 6 nitrogen and oxygen atoms in total. The van der Waals surface area contributed by atoms with Crippen molar-refractivity contribution in [1.29, 1.82) is 5.26 Å². The minimum absolute atomic E-state index is 0.00345. The number of ether oxygens (including phenoxy) is 1. The number of hydrogen-bond acceptors (Lipinski definition) is 6. The summed E-state index contributed by atoms with van der Waals surface area (Å²) in [7, 11) is 0. The van der Waals surface area contributed by atoms with Crippen LogP contribution in [0.15, 0.2) is 48.5 Å². The Hall–Kier alpha value is -3.11. The van der Waals surface area contributed by atoms with E-state index < -0.39 is 23.8 Å². The molecule has 142 valence electrons. The maximum Gasteiger partial charge on any atom is 0.329 e. The van der Waals surface area contributed by atoms with Crippen molar-refractivity contribution in [3.8, 4) is 6.07 Å². The van der Waals surface area contributed by atoms with Crippen LogP contribution in [0, 0.1) is 11.3 Å². The van der Waals surface area contributed by atoms with Crippen molar-refractivity contribution >= 4 is 29.5 Å². The second-order valence-electron chi connectivity index (χ2n) is 6.24. The maximum atomic E-state index is 12.7. The highest BCUT2D eigenvalue weighted by molar-refractivity contribution is 7.98. The zero-order valence-electron chi connectivity index (χ0n) is 15.3. The minimum Gasteiger partial charge on any atom is -0.459 e. The van der Waals surface area contributed by atoms with Gasteiger partial charge in [0.25, 0.3) is 11.8 Å². The van der Waals surface area contributed by atoms with E-state index in [9.17, 15) is 14.4 Å². The summed E-state index contributed by atoms with van der Waals surface area (Å²) in [5, 5.41) is 8.84. The molecule has 0 N–H and O–H groups in total. The van der Waals surface area contributed by atoms with E-state index in [1.54, 1.807) is 48.5 Å². The van der Waals surface area contributed by atoms with E-state index in [2.05, 4.69) is 0 Å². The molecule has 1 aliphatic heterocycles. The van der Waals surface area contributed by atoms with Crippen molar-refractivity contribution in [2.24, 2.45) is 0 Å². The standard InChI is InChI=1S/C21H18N2O4S/c1-28-11-10-18(21(26)27-13-15-8-6-14(12-22)7-9-15)23-19(24)16-4-2-3-5-17(16)20(23)25/h2-9,18H,10-11,13H2,1H3/t18-/m0/s1. The third kappa shape index (κ3) is 3.92. The number of hydrogen-bond donors (Lipinski definition) is 0. The SMILES string of the molecule is CSCC[C@@H](C(=O)OCc1ccc(C#N)cc1)N1C(=O)c2ccccc2C1=O.